The number of aryl methyl sites for hydroxylation is 2. The van der Waals surface area contributed by atoms with Gasteiger partial charge in [-0.15, -0.1) is 0 Å². The van der Waals surface area contributed by atoms with Gasteiger partial charge in [0.05, 0.1) is 17.8 Å². The third-order valence-corrected chi connectivity index (χ3v) is 4.11. The van der Waals surface area contributed by atoms with Crippen molar-refractivity contribution in [2.45, 2.75) is 12.8 Å². The maximum Gasteiger partial charge on any atom is 0.339 e. The molecule has 1 aromatic heterocycles. The molecule has 150 valence electrons. The van der Waals surface area contributed by atoms with Gasteiger partial charge in [0.2, 0.25) is 5.95 Å². The first-order valence-corrected chi connectivity index (χ1v) is 8.97. The van der Waals surface area contributed by atoms with E-state index in [0.717, 1.165) is 5.56 Å². The van der Waals surface area contributed by atoms with Crippen molar-refractivity contribution >= 4 is 11.9 Å². The summed E-state index contributed by atoms with van der Waals surface area (Å²) in [6.45, 7) is 0.596. The summed E-state index contributed by atoms with van der Waals surface area (Å²) in [4.78, 5) is 19.7. The molecule has 0 atom stereocenters. The molecule has 29 heavy (non-hydrogen) atoms. The molecule has 0 aliphatic heterocycles. The van der Waals surface area contributed by atoms with E-state index in [4.69, 9.17) is 4.74 Å². The van der Waals surface area contributed by atoms with Gasteiger partial charge in [-0.3, -0.25) is 0 Å². The second-order valence-electron chi connectivity index (χ2n) is 6.22. The van der Waals surface area contributed by atoms with E-state index in [2.05, 4.69) is 15.3 Å². The molecule has 8 heteroatoms. The van der Waals surface area contributed by atoms with Gasteiger partial charge in [0.15, 0.2) is 0 Å². The molecule has 0 aliphatic rings. The molecule has 2 aromatic carbocycles. The molecule has 3 aromatic rings. The van der Waals surface area contributed by atoms with Crippen LogP contribution in [0.2, 0.25) is 0 Å². The number of carboxylic acids is 1. The zero-order valence-corrected chi connectivity index (χ0v) is 15.4. The Bertz CT molecular complexity index is 981. The zero-order chi connectivity index (χ0) is 20.6. The first-order chi connectivity index (χ1) is 14.0. The normalized spacial score (nSPS) is 10.6. The molecular formula is C21H19F2N3O3. The van der Waals surface area contributed by atoms with Gasteiger partial charge >= 0.3 is 5.97 Å². The lowest BCUT2D eigenvalue weighted by molar-refractivity contribution is 0.0694. The summed E-state index contributed by atoms with van der Waals surface area (Å²) in [5, 5.41) is 12.3. The van der Waals surface area contributed by atoms with E-state index < -0.39 is 5.97 Å². The van der Waals surface area contributed by atoms with E-state index in [1.165, 1.54) is 30.5 Å². The van der Waals surface area contributed by atoms with Crippen molar-refractivity contribution < 1.29 is 23.4 Å². The number of rotatable bonds is 9. The van der Waals surface area contributed by atoms with Crippen LogP contribution in [0.5, 0.6) is 5.75 Å². The Labute approximate surface area is 166 Å². The summed E-state index contributed by atoms with van der Waals surface area (Å²) in [6, 6.07) is 11.8. The minimum Gasteiger partial charge on any atom is -0.492 e. The average molecular weight is 399 g/mol. The van der Waals surface area contributed by atoms with E-state index >= 15 is 0 Å². The smallest absolute Gasteiger partial charge is 0.339 e. The average Bonchev–Trinajstić information content (AvgIpc) is 2.71. The van der Waals surface area contributed by atoms with Crippen LogP contribution in [0.1, 0.15) is 21.6 Å². The molecule has 0 bridgehead atoms. The van der Waals surface area contributed by atoms with E-state index in [0.29, 0.717) is 30.8 Å². The number of hydrogen-bond donors (Lipinski definition) is 2. The molecule has 0 saturated carbocycles. The Balaban J connectivity index is 1.59. The minimum atomic E-state index is -1.11. The van der Waals surface area contributed by atoms with Gasteiger partial charge in [-0.05, 0) is 42.7 Å². The fourth-order valence-electron chi connectivity index (χ4n) is 2.67. The third-order valence-electron chi connectivity index (χ3n) is 4.11. The lowest BCUT2D eigenvalue weighted by Crippen LogP contribution is -2.16. The second kappa shape index (κ2) is 9.59. The molecule has 6 nitrogen and oxygen atoms in total. The zero-order valence-electron chi connectivity index (χ0n) is 15.4. The number of aromatic carboxylic acids is 1. The van der Waals surface area contributed by atoms with E-state index in [-0.39, 0.29) is 29.8 Å². The van der Waals surface area contributed by atoms with Crippen LogP contribution in [0.3, 0.4) is 0 Å². The first kappa shape index (κ1) is 20.2. The van der Waals surface area contributed by atoms with Crippen LogP contribution in [-0.2, 0) is 12.8 Å². The Hall–Kier alpha value is -3.55. The summed E-state index contributed by atoms with van der Waals surface area (Å²) in [5.41, 5.74) is 1.28. The number of aromatic nitrogens is 2. The van der Waals surface area contributed by atoms with Crippen LogP contribution < -0.4 is 10.1 Å². The molecule has 1 heterocycles. The second-order valence-corrected chi connectivity index (χ2v) is 6.22. The van der Waals surface area contributed by atoms with Gasteiger partial charge in [0.1, 0.15) is 24.0 Å². The van der Waals surface area contributed by atoms with Crippen molar-refractivity contribution in [3.63, 3.8) is 0 Å². The van der Waals surface area contributed by atoms with Crippen LogP contribution in [0.4, 0.5) is 14.7 Å². The number of halogens is 2. The number of benzene rings is 2. The van der Waals surface area contributed by atoms with Gasteiger partial charge < -0.3 is 15.2 Å². The van der Waals surface area contributed by atoms with Crippen molar-refractivity contribution in [1.82, 2.24) is 9.97 Å². The SMILES string of the molecule is O=C(O)c1cnc(NCCOc2cccc(F)c2)nc1CCc1ccc(F)cc1. The molecule has 0 fully saturated rings. The van der Waals surface area contributed by atoms with Crippen molar-refractivity contribution in [3.8, 4) is 5.75 Å². The first-order valence-electron chi connectivity index (χ1n) is 8.97. The maximum atomic E-state index is 13.1. The fourth-order valence-corrected chi connectivity index (χ4v) is 2.67. The topological polar surface area (TPSA) is 84.3 Å². The largest absolute Gasteiger partial charge is 0.492 e. The molecular weight excluding hydrogens is 380 g/mol. The molecule has 0 unspecified atom stereocenters. The summed E-state index contributed by atoms with van der Waals surface area (Å²) < 4.78 is 31.6. The molecule has 0 amide bonds. The lowest BCUT2D eigenvalue weighted by atomic mass is 10.1. The number of anilines is 1. The Morgan fingerprint density at radius 1 is 1.07 bits per heavy atom. The lowest BCUT2D eigenvalue weighted by Gasteiger charge is -2.10. The number of nitrogens with one attached hydrogen (secondary N) is 1. The molecule has 0 spiro atoms. The van der Waals surface area contributed by atoms with Crippen molar-refractivity contribution in [3.05, 3.63) is 83.2 Å². The highest BCUT2D eigenvalue weighted by atomic mass is 19.1. The standard InChI is InChI=1S/C21H19F2N3O3/c22-15-7-4-14(5-8-15)6-9-19-18(20(27)28)13-25-21(26-19)24-10-11-29-17-3-1-2-16(23)12-17/h1-5,7-8,12-13H,6,9-11H2,(H,27,28)(H,24,25,26). The van der Waals surface area contributed by atoms with Gasteiger partial charge in [0, 0.05) is 12.3 Å². The van der Waals surface area contributed by atoms with Crippen molar-refractivity contribution in [2.24, 2.45) is 0 Å². The van der Waals surface area contributed by atoms with Gasteiger partial charge in [-0.2, -0.15) is 0 Å². The predicted molar refractivity (Wildman–Crippen MR) is 103 cm³/mol. The third kappa shape index (κ3) is 5.97. The molecule has 0 radical (unpaired) electrons. The summed E-state index contributed by atoms with van der Waals surface area (Å²) in [7, 11) is 0. The molecule has 3 rings (SSSR count). The van der Waals surface area contributed by atoms with Crippen LogP contribution >= 0.6 is 0 Å². The van der Waals surface area contributed by atoms with Crippen LogP contribution in [0, 0.1) is 11.6 Å². The molecule has 0 aliphatic carbocycles. The van der Waals surface area contributed by atoms with Gasteiger partial charge in [-0.25, -0.2) is 23.5 Å². The Morgan fingerprint density at radius 2 is 1.86 bits per heavy atom. The van der Waals surface area contributed by atoms with Gasteiger partial charge in [-0.1, -0.05) is 18.2 Å². The highest BCUT2D eigenvalue weighted by molar-refractivity contribution is 5.88. The van der Waals surface area contributed by atoms with E-state index in [1.54, 1.807) is 24.3 Å². The van der Waals surface area contributed by atoms with E-state index in [1.807, 2.05) is 0 Å². The van der Waals surface area contributed by atoms with Crippen molar-refractivity contribution in [1.29, 1.82) is 0 Å². The summed E-state index contributed by atoms with van der Waals surface area (Å²) >= 11 is 0. The van der Waals surface area contributed by atoms with Crippen LogP contribution in [0.15, 0.2) is 54.7 Å². The number of nitrogens with zero attached hydrogens (tertiary/aromatic N) is 2. The van der Waals surface area contributed by atoms with Crippen LogP contribution in [-0.4, -0.2) is 34.2 Å². The highest BCUT2D eigenvalue weighted by Crippen LogP contribution is 2.14. The van der Waals surface area contributed by atoms with Crippen molar-refractivity contribution in [2.75, 3.05) is 18.5 Å². The Kier molecular flexibility index (Phi) is 6.67. The highest BCUT2D eigenvalue weighted by Gasteiger charge is 2.14. The summed E-state index contributed by atoms with van der Waals surface area (Å²) in [5.74, 6) is -1.14. The minimum absolute atomic E-state index is 0.0219. The van der Waals surface area contributed by atoms with E-state index in [9.17, 15) is 18.7 Å². The molecule has 2 N–H and O–H groups in total. The number of hydrogen-bond acceptors (Lipinski definition) is 5. The number of carboxylic acid groups (broad SMARTS) is 1. The fraction of sp³-hybridized carbons (Fsp3) is 0.190. The number of carbonyl (C=O) groups is 1. The molecule has 0 saturated heterocycles. The van der Waals surface area contributed by atoms with Gasteiger partial charge in [0.25, 0.3) is 0 Å². The Morgan fingerprint density at radius 3 is 2.59 bits per heavy atom. The maximum absolute atomic E-state index is 13.1. The summed E-state index contributed by atoms with van der Waals surface area (Å²) in [6.07, 6.45) is 2.13. The van der Waals surface area contributed by atoms with Crippen LogP contribution in [0.25, 0.3) is 0 Å². The predicted octanol–water partition coefficient (Wildman–Crippen LogP) is 3.73. The number of ether oxygens (including phenoxy) is 1. The monoisotopic (exact) mass is 399 g/mol. The quantitative estimate of drug-likeness (QED) is 0.534.